The Morgan fingerprint density at radius 1 is 1.33 bits per heavy atom. The number of nitrogens with two attached hydrogens (primary N) is 1. The first-order chi connectivity index (χ1) is 10.1. The summed E-state index contributed by atoms with van der Waals surface area (Å²) in [5, 5.41) is 2.67. The van der Waals surface area contributed by atoms with E-state index in [1.165, 1.54) is 6.42 Å². The molecule has 1 aliphatic heterocycles. The zero-order valence-electron chi connectivity index (χ0n) is 12.5. The quantitative estimate of drug-likeness (QED) is 0.809. The average molecular weight is 289 g/mol. The van der Waals surface area contributed by atoms with Crippen LogP contribution in [0.5, 0.6) is 0 Å². The van der Waals surface area contributed by atoms with Crippen LogP contribution in [0.4, 0.5) is 5.69 Å². The Labute approximate surface area is 125 Å². The number of likely N-dealkylation sites (tertiary alicyclic amines) is 1. The van der Waals surface area contributed by atoms with Crippen LogP contribution in [0, 0.1) is 5.92 Å². The van der Waals surface area contributed by atoms with E-state index in [1.54, 1.807) is 24.3 Å². The second kappa shape index (κ2) is 7.11. The van der Waals surface area contributed by atoms with Crippen LogP contribution < -0.4 is 11.1 Å². The van der Waals surface area contributed by atoms with Crippen LogP contribution in [0.1, 0.15) is 36.5 Å². The smallest absolute Gasteiger partial charge is 0.251 e. The number of benzene rings is 1. The van der Waals surface area contributed by atoms with Gasteiger partial charge in [-0.05, 0) is 43.0 Å². The van der Waals surface area contributed by atoms with E-state index in [-0.39, 0.29) is 18.4 Å². The number of hydrogen-bond donors (Lipinski definition) is 2. The van der Waals surface area contributed by atoms with Gasteiger partial charge < -0.3 is 16.0 Å². The molecule has 0 aromatic heterocycles. The van der Waals surface area contributed by atoms with Gasteiger partial charge in [-0.1, -0.05) is 13.3 Å². The van der Waals surface area contributed by atoms with Crippen LogP contribution in [0.15, 0.2) is 24.3 Å². The largest absolute Gasteiger partial charge is 0.399 e. The molecular formula is C16H23N3O2. The van der Waals surface area contributed by atoms with E-state index in [4.69, 9.17) is 5.73 Å². The van der Waals surface area contributed by atoms with Gasteiger partial charge in [0, 0.05) is 24.3 Å². The highest BCUT2D eigenvalue weighted by molar-refractivity contribution is 5.96. The molecule has 0 saturated carbocycles. The lowest BCUT2D eigenvalue weighted by Gasteiger charge is -2.16. The molecule has 2 rings (SSSR count). The highest BCUT2D eigenvalue weighted by Gasteiger charge is 2.25. The average Bonchev–Trinajstić information content (AvgIpc) is 2.94. The molecule has 5 heteroatoms. The van der Waals surface area contributed by atoms with E-state index >= 15 is 0 Å². The minimum Gasteiger partial charge on any atom is -0.399 e. The molecule has 1 heterocycles. The van der Waals surface area contributed by atoms with E-state index in [0.717, 1.165) is 25.9 Å². The molecule has 0 radical (unpaired) electrons. The van der Waals surface area contributed by atoms with Crippen LogP contribution in [-0.4, -0.2) is 36.3 Å². The summed E-state index contributed by atoms with van der Waals surface area (Å²) in [6, 6.07) is 6.66. The third-order valence-corrected chi connectivity index (χ3v) is 3.91. The monoisotopic (exact) mass is 289 g/mol. The zero-order valence-corrected chi connectivity index (χ0v) is 12.5. The molecule has 1 atom stereocenters. The highest BCUT2D eigenvalue weighted by atomic mass is 16.2. The van der Waals surface area contributed by atoms with Crippen molar-refractivity contribution in [2.24, 2.45) is 5.92 Å². The van der Waals surface area contributed by atoms with Gasteiger partial charge in [-0.2, -0.15) is 0 Å². The molecule has 1 unspecified atom stereocenters. The standard InChI is InChI=1S/C16H23N3O2/c1-2-3-12-8-9-19(11-12)15(20)10-18-16(21)13-4-6-14(17)7-5-13/h4-7,12H,2-3,8-11,17H2,1H3,(H,18,21). The summed E-state index contributed by atoms with van der Waals surface area (Å²) in [6.45, 7) is 3.85. The molecule has 1 saturated heterocycles. The Kier molecular flexibility index (Phi) is 5.20. The molecule has 2 amide bonds. The number of nitrogen functional groups attached to an aromatic ring is 1. The summed E-state index contributed by atoms with van der Waals surface area (Å²) in [6.07, 6.45) is 3.40. The van der Waals surface area contributed by atoms with Crippen molar-refractivity contribution in [3.8, 4) is 0 Å². The van der Waals surface area contributed by atoms with E-state index in [2.05, 4.69) is 12.2 Å². The van der Waals surface area contributed by atoms with Crippen molar-refractivity contribution >= 4 is 17.5 Å². The molecule has 0 bridgehead atoms. The molecule has 3 N–H and O–H groups in total. The van der Waals surface area contributed by atoms with Gasteiger partial charge in [0.2, 0.25) is 5.91 Å². The number of rotatable bonds is 5. The first-order valence-corrected chi connectivity index (χ1v) is 7.51. The molecule has 21 heavy (non-hydrogen) atoms. The first-order valence-electron chi connectivity index (χ1n) is 7.51. The Bertz CT molecular complexity index is 499. The fourth-order valence-electron chi connectivity index (χ4n) is 2.71. The van der Waals surface area contributed by atoms with E-state index < -0.39 is 0 Å². The molecule has 1 aromatic carbocycles. The van der Waals surface area contributed by atoms with E-state index in [9.17, 15) is 9.59 Å². The van der Waals surface area contributed by atoms with Gasteiger partial charge in [-0.25, -0.2) is 0 Å². The topological polar surface area (TPSA) is 75.4 Å². The van der Waals surface area contributed by atoms with Crippen molar-refractivity contribution in [2.45, 2.75) is 26.2 Å². The molecule has 1 aliphatic rings. The molecule has 114 valence electrons. The zero-order chi connectivity index (χ0) is 15.2. The number of anilines is 1. The normalized spacial score (nSPS) is 17.8. The fraction of sp³-hybridized carbons (Fsp3) is 0.500. The highest BCUT2D eigenvalue weighted by Crippen LogP contribution is 2.20. The van der Waals surface area contributed by atoms with Crippen molar-refractivity contribution in [3.05, 3.63) is 29.8 Å². The number of carbonyl (C=O) groups is 2. The number of amides is 2. The minimum atomic E-state index is -0.243. The van der Waals surface area contributed by atoms with Gasteiger partial charge in [0.1, 0.15) is 0 Å². The maximum atomic E-state index is 12.1. The summed E-state index contributed by atoms with van der Waals surface area (Å²) in [5.41, 5.74) is 6.71. The summed E-state index contributed by atoms with van der Waals surface area (Å²) >= 11 is 0. The second-order valence-corrected chi connectivity index (χ2v) is 5.59. The van der Waals surface area contributed by atoms with Crippen LogP contribution in [0.2, 0.25) is 0 Å². The van der Waals surface area contributed by atoms with Gasteiger partial charge in [0.15, 0.2) is 0 Å². The van der Waals surface area contributed by atoms with Gasteiger partial charge in [-0.3, -0.25) is 9.59 Å². The van der Waals surface area contributed by atoms with Gasteiger partial charge in [0.25, 0.3) is 5.91 Å². The third kappa shape index (κ3) is 4.21. The lowest BCUT2D eigenvalue weighted by atomic mass is 10.0. The first kappa shape index (κ1) is 15.4. The van der Waals surface area contributed by atoms with E-state index in [0.29, 0.717) is 17.2 Å². The number of carbonyl (C=O) groups excluding carboxylic acids is 2. The molecule has 1 fully saturated rings. The predicted molar refractivity (Wildman–Crippen MR) is 82.8 cm³/mol. The SMILES string of the molecule is CCCC1CCN(C(=O)CNC(=O)c2ccc(N)cc2)C1. The van der Waals surface area contributed by atoms with Crippen LogP contribution in [0.3, 0.4) is 0 Å². The van der Waals surface area contributed by atoms with Crippen molar-refractivity contribution in [1.82, 2.24) is 10.2 Å². The maximum absolute atomic E-state index is 12.1. The predicted octanol–water partition coefficient (Wildman–Crippen LogP) is 1.65. The summed E-state index contributed by atoms with van der Waals surface area (Å²) < 4.78 is 0. The number of hydrogen-bond acceptors (Lipinski definition) is 3. The summed E-state index contributed by atoms with van der Waals surface area (Å²) in [5.74, 6) is 0.372. The third-order valence-electron chi connectivity index (χ3n) is 3.91. The van der Waals surface area contributed by atoms with E-state index in [1.807, 2.05) is 4.90 Å². The van der Waals surface area contributed by atoms with Crippen molar-refractivity contribution in [3.63, 3.8) is 0 Å². The second-order valence-electron chi connectivity index (χ2n) is 5.59. The van der Waals surface area contributed by atoms with Crippen LogP contribution in [-0.2, 0) is 4.79 Å². The molecular weight excluding hydrogens is 266 g/mol. The minimum absolute atomic E-state index is 0.00241. The molecule has 5 nitrogen and oxygen atoms in total. The van der Waals surface area contributed by atoms with Crippen molar-refractivity contribution in [2.75, 3.05) is 25.4 Å². The van der Waals surface area contributed by atoms with Gasteiger partial charge in [-0.15, -0.1) is 0 Å². The molecule has 0 aliphatic carbocycles. The Balaban J connectivity index is 1.79. The maximum Gasteiger partial charge on any atom is 0.251 e. The Morgan fingerprint density at radius 3 is 2.71 bits per heavy atom. The fourth-order valence-corrected chi connectivity index (χ4v) is 2.71. The van der Waals surface area contributed by atoms with Crippen LogP contribution >= 0.6 is 0 Å². The lowest BCUT2D eigenvalue weighted by Crippen LogP contribution is -2.39. The van der Waals surface area contributed by atoms with Crippen LogP contribution in [0.25, 0.3) is 0 Å². The summed E-state index contributed by atoms with van der Waals surface area (Å²) in [4.78, 5) is 25.8. The van der Waals surface area contributed by atoms with Gasteiger partial charge >= 0.3 is 0 Å². The number of nitrogens with one attached hydrogen (secondary N) is 1. The van der Waals surface area contributed by atoms with Crippen molar-refractivity contribution < 1.29 is 9.59 Å². The Hall–Kier alpha value is -2.04. The van der Waals surface area contributed by atoms with Gasteiger partial charge in [0.05, 0.1) is 6.54 Å². The Morgan fingerprint density at radius 2 is 2.05 bits per heavy atom. The lowest BCUT2D eigenvalue weighted by molar-refractivity contribution is -0.129. The molecule has 1 aromatic rings. The van der Waals surface area contributed by atoms with Crippen molar-refractivity contribution in [1.29, 1.82) is 0 Å². The number of nitrogens with zero attached hydrogens (tertiary/aromatic N) is 1. The molecule has 0 spiro atoms. The summed E-state index contributed by atoms with van der Waals surface area (Å²) in [7, 11) is 0.